The molecule has 0 unspecified atom stereocenters. The Morgan fingerprint density at radius 3 is 2.52 bits per heavy atom. The van der Waals surface area contributed by atoms with Crippen LogP contribution in [0.4, 0.5) is 5.13 Å². The Balaban J connectivity index is 1.55. The predicted octanol–water partition coefficient (Wildman–Crippen LogP) is 5.82. The fraction of sp³-hybridized carbons (Fsp3) is 0. The number of carbonyl (C=O) groups is 1. The summed E-state index contributed by atoms with van der Waals surface area (Å²) >= 11 is 3.70. The van der Waals surface area contributed by atoms with E-state index in [1.165, 1.54) is 14.9 Å². The van der Waals surface area contributed by atoms with Crippen LogP contribution >= 0.6 is 33.9 Å². The van der Waals surface area contributed by atoms with E-state index in [2.05, 4.69) is 32.9 Å². The monoisotopic (exact) mass is 456 g/mol. The number of halogens is 1. The van der Waals surface area contributed by atoms with Crippen molar-refractivity contribution in [1.82, 2.24) is 4.98 Å². The fourth-order valence-corrected chi connectivity index (χ4v) is 3.66. The summed E-state index contributed by atoms with van der Waals surface area (Å²) in [5.74, 6) is -0.144. The topological polar surface area (TPSA) is 42.0 Å². The first-order valence-electron chi connectivity index (χ1n) is 7.71. The van der Waals surface area contributed by atoms with Gasteiger partial charge in [0.1, 0.15) is 0 Å². The third kappa shape index (κ3) is 3.57. The van der Waals surface area contributed by atoms with E-state index in [1.807, 2.05) is 72.1 Å². The van der Waals surface area contributed by atoms with Gasteiger partial charge in [-0.2, -0.15) is 0 Å². The maximum Gasteiger partial charge on any atom is 0.257 e. The highest BCUT2D eigenvalue weighted by atomic mass is 127. The van der Waals surface area contributed by atoms with Gasteiger partial charge in [0.15, 0.2) is 5.13 Å². The second kappa shape index (κ2) is 6.93. The van der Waals surface area contributed by atoms with Crippen LogP contribution in [0.2, 0.25) is 0 Å². The van der Waals surface area contributed by atoms with Crippen molar-refractivity contribution in [3.05, 3.63) is 81.2 Å². The molecular weight excluding hydrogens is 443 g/mol. The highest BCUT2D eigenvalue weighted by Gasteiger charge is 2.10. The molecule has 1 heterocycles. The van der Waals surface area contributed by atoms with E-state index < -0.39 is 0 Å². The molecule has 25 heavy (non-hydrogen) atoms. The molecule has 1 aromatic heterocycles. The summed E-state index contributed by atoms with van der Waals surface area (Å²) < 4.78 is 1.18. The fourth-order valence-electron chi connectivity index (χ4n) is 2.58. The van der Waals surface area contributed by atoms with Crippen molar-refractivity contribution in [1.29, 1.82) is 0 Å². The number of amides is 1. The molecular formula is C20H13IN2OS. The van der Waals surface area contributed by atoms with E-state index in [9.17, 15) is 4.79 Å². The molecule has 1 N–H and O–H groups in total. The van der Waals surface area contributed by atoms with E-state index in [0.29, 0.717) is 10.7 Å². The van der Waals surface area contributed by atoms with Gasteiger partial charge in [0.05, 0.1) is 5.69 Å². The highest BCUT2D eigenvalue weighted by molar-refractivity contribution is 14.1. The maximum absolute atomic E-state index is 12.5. The van der Waals surface area contributed by atoms with Crippen molar-refractivity contribution in [2.45, 2.75) is 0 Å². The van der Waals surface area contributed by atoms with Crippen LogP contribution in [0.5, 0.6) is 0 Å². The van der Waals surface area contributed by atoms with E-state index >= 15 is 0 Å². The number of nitrogens with one attached hydrogen (secondary N) is 1. The molecule has 0 fully saturated rings. The second-order valence-electron chi connectivity index (χ2n) is 5.56. The average molecular weight is 456 g/mol. The van der Waals surface area contributed by atoms with Gasteiger partial charge in [-0.1, -0.05) is 42.5 Å². The van der Waals surface area contributed by atoms with Crippen LogP contribution in [0.3, 0.4) is 0 Å². The smallest absolute Gasteiger partial charge is 0.257 e. The number of hydrogen-bond donors (Lipinski definition) is 1. The summed E-state index contributed by atoms with van der Waals surface area (Å²) in [6, 6.07) is 21.9. The van der Waals surface area contributed by atoms with E-state index in [-0.39, 0.29) is 5.91 Å². The quantitative estimate of drug-likeness (QED) is 0.395. The molecule has 0 bridgehead atoms. The van der Waals surface area contributed by atoms with Gasteiger partial charge in [-0.05, 0) is 57.6 Å². The molecule has 5 heteroatoms. The number of hydrogen-bond acceptors (Lipinski definition) is 3. The zero-order valence-corrected chi connectivity index (χ0v) is 16.0. The standard InChI is InChI=1S/C20H13IN2OS/c21-17-9-7-14(8-10-17)18-12-25-20(22-18)23-19(24)16-6-5-13-3-1-2-4-15(13)11-16/h1-12H,(H,22,23,24). The molecule has 4 aromatic rings. The van der Waals surface area contributed by atoms with Crippen LogP contribution in [0.25, 0.3) is 22.0 Å². The van der Waals surface area contributed by atoms with Gasteiger partial charge < -0.3 is 0 Å². The number of anilines is 1. The summed E-state index contributed by atoms with van der Waals surface area (Å²) in [6.45, 7) is 0. The van der Waals surface area contributed by atoms with Crippen LogP contribution in [0, 0.1) is 3.57 Å². The van der Waals surface area contributed by atoms with Gasteiger partial charge in [0.2, 0.25) is 0 Å². The SMILES string of the molecule is O=C(Nc1nc(-c2ccc(I)cc2)cs1)c1ccc2ccccc2c1. The van der Waals surface area contributed by atoms with Gasteiger partial charge in [0.25, 0.3) is 5.91 Å². The molecule has 3 nitrogen and oxygen atoms in total. The van der Waals surface area contributed by atoms with Crippen LogP contribution in [-0.2, 0) is 0 Å². The lowest BCUT2D eigenvalue weighted by Gasteiger charge is -2.04. The van der Waals surface area contributed by atoms with Gasteiger partial charge in [-0.3, -0.25) is 10.1 Å². The Hall–Kier alpha value is -2.25. The third-order valence-corrected chi connectivity index (χ3v) is 5.35. The molecule has 1 amide bonds. The highest BCUT2D eigenvalue weighted by Crippen LogP contribution is 2.26. The summed E-state index contributed by atoms with van der Waals surface area (Å²) in [4.78, 5) is 17.0. The third-order valence-electron chi connectivity index (χ3n) is 3.88. The lowest BCUT2D eigenvalue weighted by atomic mass is 10.1. The largest absolute Gasteiger partial charge is 0.298 e. The lowest BCUT2D eigenvalue weighted by Crippen LogP contribution is -2.11. The van der Waals surface area contributed by atoms with Crippen molar-refractivity contribution < 1.29 is 4.79 Å². The van der Waals surface area contributed by atoms with Crippen molar-refractivity contribution >= 4 is 55.7 Å². The Bertz CT molecular complexity index is 1060. The number of nitrogens with zero attached hydrogens (tertiary/aromatic N) is 1. The molecule has 122 valence electrons. The van der Waals surface area contributed by atoms with Gasteiger partial charge >= 0.3 is 0 Å². The first-order valence-corrected chi connectivity index (χ1v) is 9.66. The van der Waals surface area contributed by atoms with Crippen LogP contribution in [0.1, 0.15) is 10.4 Å². The van der Waals surface area contributed by atoms with Crippen molar-refractivity contribution in [3.8, 4) is 11.3 Å². The average Bonchev–Trinajstić information content (AvgIpc) is 3.10. The van der Waals surface area contributed by atoms with Gasteiger partial charge in [0, 0.05) is 20.1 Å². The molecule has 0 saturated carbocycles. The zero-order valence-electron chi connectivity index (χ0n) is 13.1. The zero-order chi connectivity index (χ0) is 17.2. The summed E-state index contributed by atoms with van der Waals surface area (Å²) in [6.07, 6.45) is 0. The molecule has 0 radical (unpaired) electrons. The van der Waals surface area contributed by atoms with Gasteiger partial charge in [-0.25, -0.2) is 4.98 Å². The minimum Gasteiger partial charge on any atom is -0.298 e. The van der Waals surface area contributed by atoms with Crippen LogP contribution in [-0.4, -0.2) is 10.9 Å². The second-order valence-corrected chi connectivity index (χ2v) is 7.66. The Kier molecular flexibility index (Phi) is 4.50. The molecule has 0 atom stereocenters. The molecule has 0 spiro atoms. The van der Waals surface area contributed by atoms with E-state index in [4.69, 9.17) is 0 Å². The normalized spacial score (nSPS) is 10.8. The van der Waals surface area contributed by atoms with E-state index in [0.717, 1.165) is 22.0 Å². The lowest BCUT2D eigenvalue weighted by molar-refractivity contribution is 0.102. The predicted molar refractivity (Wildman–Crippen MR) is 112 cm³/mol. The number of benzene rings is 3. The summed E-state index contributed by atoms with van der Waals surface area (Å²) in [5.41, 5.74) is 2.54. The molecule has 4 rings (SSSR count). The number of rotatable bonds is 3. The van der Waals surface area contributed by atoms with E-state index in [1.54, 1.807) is 0 Å². The number of carbonyl (C=O) groups excluding carboxylic acids is 1. The molecule has 0 aliphatic rings. The minimum absolute atomic E-state index is 0.144. The Morgan fingerprint density at radius 2 is 1.72 bits per heavy atom. The molecule has 0 saturated heterocycles. The number of fused-ring (bicyclic) bond motifs is 1. The van der Waals surface area contributed by atoms with Gasteiger partial charge in [-0.15, -0.1) is 11.3 Å². The number of aromatic nitrogens is 1. The van der Waals surface area contributed by atoms with Crippen molar-refractivity contribution in [3.63, 3.8) is 0 Å². The van der Waals surface area contributed by atoms with Crippen LogP contribution < -0.4 is 5.32 Å². The Labute approximate surface area is 162 Å². The van der Waals surface area contributed by atoms with Crippen LogP contribution in [0.15, 0.2) is 72.1 Å². The number of thiazole rings is 1. The molecule has 0 aliphatic carbocycles. The first kappa shape index (κ1) is 16.2. The summed E-state index contributed by atoms with van der Waals surface area (Å²) in [7, 11) is 0. The maximum atomic E-state index is 12.5. The first-order chi connectivity index (χ1) is 12.2. The Morgan fingerprint density at radius 1 is 0.960 bits per heavy atom. The minimum atomic E-state index is -0.144. The molecule has 0 aliphatic heterocycles. The van der Waals surface area contributed by atoms with Crippen molar-refractivity contribution in [2.24, 2.45) is 0 Å². The molecule has 3 aromatic carbocycles. The van der Waals surface area contributed by atoms with Crippen molar-refractivity contribution in [2.75, 3.05) is 5.32 Å². The summed E-state index contributed by atoms with van der Waals surface area (Å²) in [5, 5.41) is 7.62.